The second-order valence-electron chi connectivity index (χ2n) is 5.68. The molecular weight excluding hydrogens is 348 g/mol. The van der Waals surface area contributed by atoms with Crippen LogP contribution in [0.2, 0.25) is 0 Å². The average molecular weight is 361 g/mol. The van der Waals surface area contributed by atoms with E-state index < -0.39 is 34.9 Å². The van der Waals surface area contributed by atoms with Crippen molar-refractivity contribution < 1.29 is 31.1 Å². The molecule has 0 N–H and O–H groups in total. The lowest BCUT2D eigenvalue weighted by Crippen LogP contribution is -2.18. The fourth-order valence-corrected chi connectivity index (χ4v) is 2.71. The molecule has 2 nitrogen and oxygen atoms in total. The topological polar surface area (TPSA) is 12.5 Å². The fourth-order valence-electron chi connectivity index (χ4n) is 2.71. The zero-order chi connectivity index (χ0) is 18.2. The molecule has 0 unspecified atom stereocenters. The third-order valence-corrected chi connectivity index (χ3v) is 3.91. The van der Waals surface area contributed by atoms with Gasteiger partial charge in [-0.05, 0) is 37.1 Å². The van der Waals surface area contributed by atoms with Crippen LogP contribution in [0.15, 0.2) is 30.3 Å². The summed E-state index contributed by atoms with van der Waals surface area (Å²) < 4.78 is 84.4. The first-order valence-electron chi connectivity index (χ1n) is 7.54. The van der Waals surface area contributed by atoms with E-state index in [9.17, 15) is 26.3 Å². The van der Waals surface area contributed by atoms with Crippen molar-refractivity contribution in [3.63, 3.8) is 0 Å². The predicted molar refractivity (Wildman–Crippen MR) is 79.3 cm³/mol. The summed E-state index contributed by atoms with van der Waals surface area (Å²) in [5.41, 5.74) is -1.15. The van der Waals surface area contributed by atoms with Crippen molar-refractivity contribution in [3.8, 4) is 11.5 Å². The average Bonchev–Trinajstić information content (AvgIpc) is 3.05. The van der Waals surface area contributed by atoms with Gasteiger partial charge >= 0.3 is 6.18 Å². The van der Waals surface area contributed by atoms with Gasteiger partial charge in [0, 0.05) is 19.2 Å². The van der Waals surface area contributed by atoms with Gasteiger partial charge in [-0.3, -0.25) is 0 Å². The van der Waals surface area contributed by atoms with Gasteiger partial charge < -0.3 is 9.64 Å². The van der Waals surface area contributed by atoms with Crippen LogP contribution in [0.1, 0.15) is 18.4 Å². The highest BCUT2D eigenvalue weighted by atomic mass is 19.4. The van der Waals surface area contributed by atoms with E-state index in [1.807, 2.05) is 0 Å². The summed E-state index contributed by atoms with van der Waals surface area (Å²) in [5, 5.41) is 0. The van der Waals surface area contributed by atoms with Crippen LogP contribution in [0.4, 0.5) is 32.0 Å². The number of benzene rings is 2. The first kappa shape index (κ1) is 17.4. The van der Waals surface area contributed by atoms with E-state index in [0.717, 1.165) is 18.9 Å². The lowest BCUT2D eigenvalue weighted by molar-refractivity contribution is -0.138. The van der Waals surface area contributed by atoms with Crippen LogP contribution < -0.4 is 9.64 Å². The monoisotopic (exact) mass is 361 g/mol. The molecule has 0 radical (unpaired) electrons. The Labute approximate surface area is 139 Å². The minimum Gasteiger partial charge on any atom is -0.449 e. The van der Waals surface area contributed by atoms with E-state index in [-0.39, 0.29) is 17.9 Å². The number of hydrogen-bond donors (Lipinski definition) is 0. The van der Waals surface area contributed by atoms with E-state index >= 15 is 0 Å². The maximum Gasteiger partial charge on any atom is 0.416 e. The van der Waals surface area contributed by atoms with Crippen molar-refractivity contribution in [1.82, 2.24) is 0 Å². The molecule has 0 atom stereocenters. The molecular formula is C17H13F6NO. The Morgan fingerprint density at radius 2 is 1.48 bits per heavy atom. The van der Waals surface area contributed by atoms with E-state index in [1.54, 1.807) is 4.90 Å². The van der Waals surface area contributed by atoms with Crippen molar-refractivity contribution in [3.05, 3.63) is 53.3 Å². The molecule has 2 aromatic carbocycles. The Hall–Kier alpha value is -2.38. The summed E-state index contributed by atoms with van der Waals surface area (Å²) in [4.78, 5) is 1.79. The molecule has 25 heavy (non-hydrogen) atoms. The van der Waals surface area contributed by atoms with Crippen LogP contribution in [0.3, 0.4) is 0 Å². The van der Waals surface area contributed by atoms with Crippen LogP contribution in [0, 0.1) is 17.5 Å². The second-order valence-corrected chi connectivity index (χ2v) is 5.68. The highest BCUT2D eigenvalue weighted by Crippen LogP contribution is 2.39. The molecule has 1 aliphatic rings. The molecule has 1 saturated heterocycles. The zero-order valence-corrected chi connectivity index (χ0v) is 12.8. The van der Waals surface area contributed by atoms with Crippen LogP contribution in [-0.4, -0.2) is 13.1 Å². The van der Waals surface area contributed by atoms with Crippen LogP contribution in [0.25, 0.3) is 0 Å². The summed E-state index contributed by atoms with van der Waals surface area (Å²) in [6.07, 6.45) is -3.13. The molecule has 1 heterocycles. The molecule has 1 fully saturated rings. The summed E-state index contributed by atoms with van der Waals surface area (Å²) >= 11 is 0. The van der Waals surface area contributed by atoms with Gasteiger partial charge in [-0.25, -0.2) is 13.2 Å². The van der Waals surface area contributed by atoms with Crippen LogP contribution in [-0.2, 0) is 6.18 Å². The van der Waals surface area contributed by atoms with Gasteiger partial charge in [0.2, 0.25) is 0 Å². The summed E-state index contributed by atoms with van der Waals surface area (Å²) in [5.74, 6) is -4.50. The second kappa shape index (κ2) is 6.50. The fraction of sp³-hybridized carbons (Fsp3) is 0.294. The maximum absolute atomic E-state index is 14.0. The Morgan fingerprint density at radius 3 is 2.04 bits per heavy atom. The molecule has 3 rings (SSSR count). The van der Waals surface area contributed by atoms with Crippen molar-refractivity contribution in [1.29, 1.82) is 0 Å². The van der Waals surface area contributed by atoms with E-state index in [1.165, 1.54) is 12.1 Å². The van der Waals surface area contributed by atoms with Crippen molar-refractivity contribution in [2.75, 3.05) is 18.0 Å². The standard InChI is InChI=1S/C17H13F6NO/c18-11-3-4-15(14(9-11)24-5-1-2-6-24)25-16-12(19)7-10(8-13(16)20)17(21,22)23/h3-4,7-9H,1-2,5-6H2. The molecule has 2 aromatic rings. The van der Waals surface area contributed by atoms with E-state index in [4.69, 9.17) is 4.74 Å². The Balaban J connectivity index is 1.98. The SMILES string of the molecule is Fc1ccc(Oc2c(F)cc(C(F)(F)F)cc2F)c(N2CCCC2)c1. The van der Waals surface area contributed by atoms with Crippen LogP contribution in [0.5, 0.6) is 11.5 Å². The highest BCUT2D eigenvalue weighted by molar-refractivity contribution is 5.60. The molecule has 8 heteroatoms. The van der Waals surface area contributed by atoms with Gasteiger partial charge in [0.1, 0.15) is 5.82 Å². The first-order chi connectivity index (χ1) is 11.8. The number of hydrogen-bond acceptors (Lipinski definition) is 2. The number of nitrogens with zero attached hydrogens (tertiary/aromatic N) is 1. The van der Waals surface area contributed by atoms with Gasteiger partial charge in [0.05, 0.1) is 11.3 Å². The lowest BCUT2D eigenvalue weighted by Gasteiger charge is -2.21. The maximum atomic E-state index is 14.0. The third kappa shape index (κ3) is 3.67. The molecule has 1 aliphatic heterocycles. The van der Waals surface area contributed by atoms with Gasteiger partial charge in [0.25, 0.3) is 0 Å². The van der Waals surface area contributed by atoms with Crippen LogP contribution >= 0.6 is 0 Å². The first-order valence-corrected chi connectivity index (χ1v) is 7.54. The quantitative estimate of drug-likeness (QED) is 0.668. The number of rotatable bonds is 3. The molecule has 0 saturated carbocycles. The van der Waals surface area contributed by atoms with Crippen molar-refractivity contribution >= 4 is 5.69 Å². The van der Waals surface area contributed by atoms with Gasteiger partial charge in [0.15, 0.2) is 23.1 Å². The highest BCUT2D eigenvalue weighted by Gasteiger charge is 2.33. The minimum absolute atomic E-state index is 0.0270. The third-order valence-electron chi connectivity index (χ3n) is 3.91. The largest absolute Gasteiger partial charge is 0.449 e. The van der Waals surface area contributed by atoms with Gasteiger partial charge in [-0.15, -0.1) is 0 Å². The Kier molecular flexibility index (Phi) is 4.53. The molecule has 134 valence electrons. The lowest BCUT2D eigenvalue weighted by atomic mass is 10.2. The van der Waals surface area contributed by atoms with E-state index in [2.05, 4.69) is 0 Å². The van der Waals surface area contributed by atoms with Gasteiger partial charge in [-0.1, -0.05) is 0 Å². The molecule has 0 bridgehead atoms. The molecule has 0 aromatic heterocycles. The smallest absolute Gasteiger partial charge is 0.416 e. The predicted octanol–water partition coefficient (Wildman–Crippen LogP) is 5.52. The molecule has 0 amide bonds. The molecule has 0 aliphatic carbocycles. The summed E-state index contributed by atoms with van der Waals surface area (Å²) in [6.45, 7) is 1.25. The number of halogens is 6. The minimum atomic E-state index is -4.88. The summed E-state index contributed by atoms with van der Waals surface area (Å²) in [7, 11) is 0. The van der Waals surface area contributed by atoms with Gasteiger partial charge in [-0.2, -0.15) is 13.2 Å². The Bertz CT molecular complexity index is 760. The number of anilines is 1. The molecule has 0 spiro atoms. The number of ether oxygens (including phenoxy) is 1. The summed E-state index contributed by atoms with van der Waals surface area (Å²) in [6, 6.07) is 3.74. The Morgan fingerprint density at radius 1 is 0.880 bits per heavy atom. The van der Waals surface area contributed by atoms with Crippen molar-refractivity contribution in [2.24, 2.45) is 0 Å². The van der Waals surface area contributed by atoms with Crippen molar-refractivity contribution in [2.45, 2.75) is 19.0 Å². The number of alkyl halides is 3. The van der Waals surface area contributed by atoms with E-state index in [0.29, 0.717) is 18.8 Å². The normalized spacial score (nSPS) is 14.9. The zero-order valence-electron chi connectivity index (χ0n) is 12.8.